The van der Waals surface area contributed by atoms with E-state index in [1.54, 1.807) is 0 Å². The minimum atomic E-state index is -0.433. The fraction of sp³-hybridized carbons (Fsp3) is 0.917. The predicted octanol–water partition coefficient (Wildman–Crippen LogP) is 1.67. The molecule has 0 saturated heterocycles. The van der Waals surface area contributed by atoms with Crippen LogP contribution in [0.5, 0.6) is 0 Å². The average molecular weight is 212 g/mol. The largest absolute Gasteiger partial charge is 0.368 e. The molecule has 3 nitrogen and oxygen atoms in total. The molecule has 0 aromatic carbocycles. The number of hydrogen-bond acceptors (Lipinski definition) is 2. The summed E-state index contributed by atoms with van der Waals surface area (Å²) in [5.41, 5.74) is 5.07. The van der Waals surface area contributed by atoms with Gasteiger partial charge in [-0.3, -0.25) is 4.79 Å². The Kier molecular flexibility index (Phi) is 4.14. The molecule has 3 N–H and O–H groups in total. The molecule has 2 unspecified atom stereocenters. The van der Waals surface area contributed by atoms with E-state index in [2.05, 4.69) is 19.2 Å². The molecule has 0 spiro atoms. The van der Waals surface area contributed by atoms with Gasteiger partial charge in [0, 0.05) is 0 Å². The van der Waals surface area contributed by atoms with E-state index < -0.39 is 5.54 Å². The summed E-state index contributed by atoms with van der Waals surface area (Å²) in [6.45, 7) is 4.47. The normalized spacial score (nSPS) is 31.9. The third-order valence-corrected chi connectivity index (χ3v) is 3.61. The van der Waals surface area contributed by atoms with E-state index >= 15 is 0 Å². The molecule has 0 radical (unpaired) electrons. The lowest BCUT2D eigenvalue weighted by molar-refractivity contribution is -0.126. The van der Waals surface area contributed by atoms with Crippen LogP contribution in [-0.2, 0) is 4.79 Å². The van der Waals surface area contributed by atoms with E-state index in [0.717, 1.165) is 19.3 Å². The molecule has 88 valence electrons. The van der Waals surface area contributed by atoms with Crippen molar-refractivity contribution in [3.05, 3.63) is 0 Å². The number of amides is 1. The van der Waals surface area contributed by atoms with Gasteiger partial charge in [-0.2, -0.15) is 0 Å². The van der Waals surface area contributed by atoms with Gasteiger partial charge in [-0.1, -0.05) is 26.7 Å². The van der Waals surface area contributed by atoms with Crippen molar-refractivity contribution >= 4 is 5.91 Å². The molecule has 1 aliphatic rings. The Labute approximate surface area is 92.8 Å². The van der Waals surface area contributed by atoms with Gasteiger partial charge in [0.15, 0.2) is 0 Å². The molecule has 1 fully saturated rings. The zero-order valence-electron chi connectivity index (χ0n) is 10.2. The smallest absolute Gasteiger partial charge is 0.237 e. The van der Waals surface area contributed by atoms with Crippen molar-refractivity contribution in [1.29, 1.82) is 0 Å². The summed E-state index contributed by atoms with van der Waals surface area (Å²) in [6.07, 6.45) is 5.37. The van der Waals surface area contributed by atoms with Crippen LogP contribution in [0.4, 0.5) is 0 Å². The number of carbonyl (C=O) groups is 1. The maximum atomic E-state index is 11.5. The number of likely N-dealkylation sites (N-methyl/N-ethyl adjacent to an activating group) is 1. The van der Waals surface area contributed by atoms with Gasteiger partial charge in [0.1, 0.15) is 0 Å². The third kappa shape index (κ3) is 2.94. The van der Waals surface area contributed by atoms with E-state index in [-0.39, 0.29) is 5.91 Å². The Balaban J connectivity index is 2.64. The van der Waals surface area contributed by atoms with Crippen molar-refractivity contribution in [3.8, 4) is 0 Å². The highest BCUT2D eigenvalue weighted by Gasteiger charge is 2.39. The van der Waals surface area contributed by atoms with Crippen LogP contribution in [0.2, 0.25) is 0 Å². The van der Waals surface area contributed by atoms with Gasteiger partial charge in [0.2, 0.25) is 5.91 Å². The molecular formula is C12H24N2O. The van der Waals surface area contributed by atoms with Crippen molar-refractivity contribution in [3.63, 3.8) is 0 Å². The van der Waals surface area contributed by atoms with Crippen LogP contribution in [0.3, 0.4) is 0 Å². The van der Waals surface area contributed by atoms with Gasteiger partial charge < -0.3 is 11.1 Å². The molecule has 15 heavy (non-hydrogen) atoms. The van der Waals surface area contributed by atoms with Gasteiger partial charge in [0.05, 0.1) is 5.54 Å². The van der Waals surface area contributed by atoms with Crippen LogP contribution >= 0.6 is 0 Å². The minimum Gasteiger partial charge on any atom is -0.368 e. The minimum absolute atomic E-state index is 0.182. The molecule has 2 atom stereocenters. The highest BCUT2D eigenvalue weighted by Crippen LogP contribution is 2.35. The first-order valence-electron chi connectivity index (χ1n) is 5.99. The number of nitrogens with one attached hydrogen (secondary N) is 1. The average Bonchev–Trinajstić information content (AvgIpc) is 2.16. The van der Waals surface area contributed by atoms with E-state index in [9.17, 15) is 4.79 Å². The summed E-state index contributed by atoms with van der Waals surface area (Å²) >= 11 is 0. The van der Waals surface area contributed by atoms with Crippen LogP contribution in [-0.4, -0.2) is 18.5 Å². The first-order chi connectivity index (χ1) is 7.00. The molecule has 0 aromatic rings. The second-order valence-electron chi connectivity index (χ2n) is 5.29. The molecule has 1 rings (SSSR count). The Morgan fingerprint density at radius 2 is 2.27 bits per heavy atom. The quantitative estimate of drug-likeness (QED) is 0.744. The zero-order valence-corrected chi connectivity index (χ0v) is 10.2. The second kappa shape index (κ2) is 4.97. The van der Waals surface area contributed by atoms with Crippen LogP contribution in [0.25, 0.3) is 0 Å². The van der Waals surface area contributed by atoms with E-state index in [0.29, 0.717) is 11.8 Å². The van der Waals surface area contributed by atoms with Crippen LogP contribution in [0, 0.1) is 11.8 Å². The van der Waals surface area contributed by atoms with Crippen molar-refractivity contribution in [2.24, 2.45) is 17.6 Å². The van der Waals surface area contributed by atoms with Gasteiger partial charge in [-0.15, -0.1) is 0 Å². The number of rotatable bonds is 4. The predicted molar refractivity (Wildman–Crippen MR) is 62.4 cm³/mol. The maximum absolute atomic E-state index is 11.5. The summed E-state index contributed by atoms with van der Waals surface area (Å²) in [6, 6.07) is 0. The van der Waals surface area contributed by atoms with Crippen molar-refractivity contribution in [2.75, 3.05) is 7.05 Å². The van der Waals surface area contributed by atoms with Gasteiger partial charge in [-0.05, 0) is 38.1 Å². The summed E-state index contributed by atoms with van der Waals surface area (Å²) in [7, 11) is 1.85. The highest BCUT2D eigenvalue weighted by atomic mass is 16.1. The lowest BCUT2D eigenvalue weighted by Crippen LogP contribution is -2.56. The SMILES string of the molecule is CNC1(C(N)=O)CCCC(CC(C)C)C1. The molecule has 1 aliphatic carbocycles. The summed E-state index contributed by atoms with van der Waals surface area (Å²) in [4.78, 5) is 11.5. The fourth-order valence-electron chi connectivity index (χ4n) is 2.83. The maximum Gasteiger partial charge on any atom is 0.237 e. The Bertz CT molecular complexity index is 228. The Morgan fingerprint density at radius 1 is 1.60 bits per heavy atom. The third-order valence-electron chi connectivity index (χ3n) is 3.61. The molecular weight excluding hydrogens is 188 g/mol. The first kappa shape index (κ1) is 12.5. The highest BCUT2D eigenvalue weighted by molar-refractivity contribution is 5.84. The molecule has 0 aromatic heterocycles. The Hall–Kier alpha value is -0.570. The molecule has 1 saturated carbocycles. The fourth-order valence-corrected chi connectivity index (χ4v) is 2.83. The summed E-state index contributed by atoms with van der Waals surface area (Å²) < 4.78 is 0. The number of nitrogens with two attached hydrogens (primary N) is 1. The van der Waals surface area contributed by atoms with Gasteiger partial charge in [-0.25, -0.2) is 0 Å². The van der Waals surface area contributed by atoms with Crippen molar-refractivity contribution in [1.82, 2.24) is 5.32 Å². The van der Waals surface area contributed by atoms with E-state index in [1.165, 1.54) is 12.8 Å². The lowest BCUT2D eigenvalue weighted by atomic mass is 9.73. The lowest BCUT2D eigenvalue weighted by Gasteiger charge is -2.39. The van der Waals surface area contributed by atoms with E-state index in [4.69, 9.17) is 5.73 Å². The second-order valence-corrected chi connectivity index (χ2v) is 5.29. The van der Waals surface area contributed by atoms with Crippen molar-refractivity contribution < 1.29 is 4.79 Å². The summed E-state index contributed by atoms with van der Waals surface area (Å²) in [5, 5.41) is 3.15. The molecule has 0 bridgehead atoms. The van der Waals surface area contributed by atoms with Crippen LogP contribution in [0.15, 0.2) is 0 Å². The molecule has 3 heteroatoms. The van der Waals surface area contributed by atoms with Gasteiger partial charge >= 0.3 is 0 Å². The van der Waals surface area contributed by atoms with Gasteiger partial charge in [0.25, 0.3) is 0 Å². The standard InChI is InChI=1S/C12H24N2O/c1-9(2)7-10-5-4-6-12(8-10,14-3)11(13)15/h9-10,14H,4-8H2,1-3H3,(H2,13,15). The molecule has 1 amide bonds. The number of primary amides is 1. The number of carbonyl (C=O) groups excluding carboxylic acids is 1. The zero-order chi connectivity index (χ0) is 11.5. The number of hydrogen-bond donors (Lipinski definition) is 2. The first-order valence-corrected chi connectivity index (χ1v) is 5.99. The summed E-state index contributed by atoms with van der Waals surface area (Å²) in [5.74, 6) is 1.17. The molecule has 0 aliphatic heterocycles. The van der Waals surface area contributed by atoms with Crippen LogP contribution < -0.4 is 11.1 Å². The topological polar surface area (TPSA) is 55.1 Å². The monoisotopic (exact) mass is 212 g/mol. The van der Waals surface area contributed by atoms with Crippen LogP contribution in [0.1, 0.15) is 46.0 Å². The van der Waals surface area contributed by atoms with E-state index in [1.807, 2.05) is 7.05 Å². The Morgan fingerprint density at radius 3 is 2.73 bits per heavy atom. The molecule has 0 heterocycles. The van der Waals surface area contributed by atoms with Crippen molar-refractivity contribution in [2.45, 2.75) is 51.5 Å².